The summed E-state index contributed by atoms with van der Waals surface area (Å²) in [4.78, 5) is 15.2. The van der Waals surface area contributed by atoms with Gasteiger partial charge in [-0.1, -0.05) is 42.5 Å². The first-order valence-electron chi connectivity index (χ1n) is 8.28. The van der Waals surface area contributed by atoms with Crippen LogP contribution in [0.4, 0.5) is 5.82 Å². The number of aryl methyl sites for hydroxylation is 1. The lowest BCUT2D eigenvalue weighted by Crippen LogP contribution is -2.19. The van der Waals surface area contributed by atoms with Crippen molar-refractivity contribution in [2.24, 2.45) is 5.73 Å². The number of primary amides is 1. The summed E-state index contributed by atoms with van der Waals surface area (Å²) in [5, 5.41) is 9.68. The summed E-state index contributed by atoms with van der Waals surface area (Å²) >= 11 is 0. The lowest BCUT2D eigenvalue weighted by Gasteiger charge is -2.16. The van der Waals surface area contributed by atoms with Crippen LogP contribution in [-0.2, 0) is 4.79 Å². The number of nitriles is 1. The number of carbonyl (C=O) groups excluding carboxylic acids is 1. The number of pyridine rings is 1. The predicted octanol–water partition coefficient (Wildman–Crippen LogP) is 3.04. The van der Waals surface area contributed by atoms with Crippen molar-refractivity contribution in [2.75, 3.05) is 12.3 Å². The molecular weight excluding hydrogens is 340 g/mol. The number of nitrogens with zero attached hydrogens (tertiary/aromatic N) is 2. The van der Waals surface area contributed by atoms with Crippen LogP contribution < -0.4 is 16.2 Å². The monoisotopic (exact) mass is 358 g/mol. The molecule has 0 atom stereocenters. The Kier molecular flexibility index (Phi) is 5.04. The minimum atomic E-state index is -0.547. The van der Waals surface area contributed by atoms with E-state index in [9.17, 15) is 10.1 Å². The predicted molar refractivity (Wildman–Crippen MR) is 104 cm³/mol. The Labute approximate surface area is 157 Å². The number of aromatic nitrogens is 1. The van der Waals surface area contributed by atoms with E-state index in [1.165, 1.54) is 0 Å². The molecule has 3 aromatic rings. The van der Waals surface area contributed by atoms with Gasteiger partial charge in [-0.3, -0.25) is 4.79 Å². The van der Waals surface area contributed by atoms with Crippen LogP contribution in [0.2, 0.25) is 0 Å². The first kappa shape index (κ1) is 18.0. The molecule has 6 heteroatoms. The molecular formula is C21H18N4O2. The molecule has 0 aliphatic rings. The molecule has 134 valence electrons. The third-order valence-electron chi connectivity index (χ3n) is 4.10. The SMILES string of the molecule is Cc1nc(N)c(C#N)c(-c2ccc(OCC(N)=O)cc2)c1-c1ccccc1. The third-order valence-corrected chi connectivity index (χ3v) is 4.10. The van der Waals surface area contributed by atoms with Crippen LogP contribution in [0.25, 0.3) is 22.3 Å². The van der Waals surface area contributed by atoms with Crippen LogP contribution in [0.1, 0.15) is 11.3 Å². The summed E-state index contributed by atoms with van der Waals surface area (Å²) in [5.74, 6) is 0.157. The van der Waals surface area contributed by atoms with Crippen LogP contribution in [0.15, 0.2) is 54.6 Å². The van der Waals surface area contributed by atoms with Gasteiger partial charge in [-0.25, -0.2) is 4.98 Å². The third kappa shape index (κ3) is 3.72. The maximum Gasteiger partial charge on any atom is 0.255 e. The zero-order valence-corrected chi connectivity index (χ0v) is 14.8. The summed E-state index contributed by atoms with van der Waals surface area (Å²) in [6.45, 7) is 1.67. The second kappa shape index (κ2) is 7.58. The Bertz CT molecular complexity index is 1020. The van der Waals surface area contributed by atoms with E-state index in [1.54, 1.807) is 12.1 Å². The number of rotatable bonds is 5. The van der Waals surface area contributed by atoms with Gasteiger partial charge in [0.2, 0.25) is 0 Å². The Morgan fingerprint density at radius 1 is 1.07 bits per heavy atom. The fourth-order valence-electron chi connectivity index (χ4n) is 2.96. The highest BCUT2D eigenvalue weighted by Gasteiger charge is 2.19. The molecule has 27 heavy (non-hydrogen) atoms. The zero-order valence-electron chi connectivity index (χ0n) is 14.8. The highest BCUT2D eigenvalue weighted by Crippen LogP contribution is 2.39. The van der Waals surface area contributed by atoms with Crippen LogP contribution in [0.5, 0.6) is 5.75 Å². The number of amides is 1. The normalized spacial score (nSPS) is 10.2. The summed E-state index contributed by atoms with van der Waals surface area (Å²) in [6, 6.07) is 19.0. The molecule has 1 aromatic heterocycles. The molecule has 1 amide bonds. The Hall–Kier alpha value is -3.85. The maximum absolute atomic E-state index is 10.9. The largest absolute Gasteiger partial charge is 0.484 e. The highest BCUT2D eigenvalue weighted by molar-refractivity contribution is 5.91. The molecule has 6 nitrogen and oxygen atoms in total. The molecule has 3 rings (SSSR count). The quantitative estimate of drug-likeness (QED) is 0.727. The summed E-state index contributed by atoms with van der Waals surface area (Å²) < 4.78 is 5.30. The van der Waals surface area contributed by atoms with Gasteiger partial charge in [0.05, 0.1) is 0 Å². The average molecular weight is 358 g/mol. The molecule has 1 heterocycles. The molecule has 0 aliphatic carbocycles. The summed E-state index contributed by atoms with van der Waals surface area (Å²) in [7, 11) is 0. The van der Waals surface area contributed by atoms with E-state index in [4.69, 9.17) is 16.2 Å². The molecule has 0 aliphatic heterocycles. The molecule has 0 spiro atoms. The lowest BCUT2D eigenvalue weighted by atomic mass is 9.90. The van der Waals surface area contributed by atoms with Gasteiger partial charge in [0, 0.05) is 16.8 Å². The first-order chi connectivity index (χ1) is 13.0. The fraction of sp³-hybridized carbons (Fsp3) is 0.0952. The summed E-state index contributed by atoms with van der Waals surface area (Å²) in [5.41, 5.74) is 15.5. The molecule has 0 fully saturated rings. The fourth-order valence-corrected chi connectivity index (χ4v) is 2.96. The van der Waals surface area contributed by atoms with E-state index >= 15 is 0 Å². The molecule has 0 radical (unpaired) electrons. The van der Waals surface area contributed by atoms with Crippen molar-refractivity contribution in [1.82, 2.24) is 4.98 Å². The molecule has 0 saturated carbocycles. The van der Waals surface area contributed by atoms with E-state index < -0.39 is 5.91 Å². The van der Waals surface area contributed by atoms with Crippen molar-refractivity contribution >= 4 is 11.7 Å². The number of hydrogen-bond donors (Lipinski definition) is 2. The second-order valence-corrected chi connectivity index (χ2v) is 5.96. The van der Waals surface area contributed by atoms with Crippen molar-refractivity contribution < 1.29 is 9.53 Å². The first-order valence-corrected chi connectivity index (χ1v) is 8.28. The number of benzene rings is 2. The van der Waals surface area contributed by atoms with Gasteiger partial charge in [-0.05, 0) is 30.2 Å². The van der Waals surface area contributed by atoms with Crippen molar-refractivity contribution in [3.63, 3.8) is 0 Å². The van der Waals surface area contributed by atoms with Crippen molar-refractivity contribution in [3.05, 3.63) is 65.9 Å². The standard InChI is InChI=1S/C21H18N4O2/c1-13-19(14-5-3-2-4-6-14)20(17(11-22)21(24)25-13)15-7-9-16(10-8-15)27-12-18(23)26/h2-10H,12H2,1H3,(H2,23,26)(H2,24,25). The van der Waals surface area contributed by atoms with E-state index in [2.05, 4.69) is 11.1 Å². The number of nitrogens with two attached hydrogens (primary N) is 2. The van der Waals surface area contributed by atoms with Crippen molar-refractivity contribution in [1.29, 1.82) is 5.26 Å². The van der Waals surface area contributed by atoms with Gasteiger partial charge in [0.25, 0.3) is 5.91 Å². The van der Waals surface area contributed by atoms with Gasteiger partial charge in [0.15, 0.2) is 6.61 Å². The minimum Gasteiger partial charge on any atom is -0.484 e. The van der Waals surface area contributed by atoms with Gasteiger partial charge in [0.1, 0.15) is 23.2 Å². The molecule has 4 N–H and O–H groups in total. The number of carbonyl (C=O) groups is 1. The van der Waals surface area contributed by atoms with E-state index in [0.29, 0.717) is 11.3 Å². The number of ether oxygens (including phenoxy) is 1. The van der Waals surface area contributed by atoms with E-state index in [-0.39, 0.29) is 12.4 Å². The van der Waals surface area contributed by atoms with Gasteiger partial charge in [-0.2, -0.15) is 5.26 Å². The maximum atomic E-state index is 10.9. The van der Waals surface area contributed by atoms with E-state index in [0.717, 1.165) is 27.9 Å². The minimum absolute atomic E-state index is 0.193. The Morgan fingerprint density at radius 3 is 2.30 bits per heavy atom. The number of hydrogen-bond acceptors (Lipinski definition) is 5. The van der Waals surface area contributed by atoms with Crippen molar-refractivity contribution in [2.45, 2.75) is 6.92 Å². The number of anilines is 1. The zero-order chi connectivity index (χ0) is 19.4. The van der Waals surface area contributed by atoms with E-state index in [1.807, 2.05) is 49.4 Å². The Morgan fingerprint density at radius 2 is 1.70 bits per heavy atom. The lowest BCUT2D eigenvalue weighted by molar-refractivity contribution is -0.119. The summed E-state index contributed by atoms with van der Waals surface area (Å²) in [6.07, 6.45) is 0. The van der Waals surface area contributed by atoms with Gasteiger partial charge >= 0.3 is 0 Å². The average Bonchev–Trinajstić information content (AvgIpc) is 2.67. The smallest absolute Gasteiger partial charge is 0.255 e. The van der Waals surface area contributed by atoms with Gasteiger partial charge in [-0.15, -0.1) is 0 Å². The molecule has 0 bridgehead atoms. The molecule has 0 saturated heterocycles. The van der Waals surface area contributed by atoms with Crippen LogP contribution >= 0.6 is 0 Å². The van der Waals surface area contributed by atoms with Crippen LogP contribution in [0, 0.1) is 18.3 Å². The highest BCUT2D eigenvalue weighted by atomic mass is 16.5. The topological polar surface area (TPSA) is 115 Å². The molecule has 0 unspecified atom stereocenters. The number of nitrogen functional groups attached to an aromatic ring is 1. The van der Waals surface area contributed by atoms with Crippen molar-refractivity contribution in [3.8, 4) is 34.1 Å². The van der Waals surface area contributed by atoms with Gasteiger partial charge < -0.3 is 16.2 Å². The second-order valence-electron chi connectivity index (χ2n) is 5.96. The van der Waals surface area contributed by atoms with Crippen LogP contribution in [-0.4, -0.2) is 17.5 Å². The molecule has 2 aromatic carbocycles. The van der Waals surface area contributed by atoms with Crippen LogP contribution in [0.3, 0.4) is 0 Å². The Balaban J connectivity index is 2.17.